The van der Waals surface area contributed by atoms with Crippen molar-refractivity contribution in [2.45, 2.75) is 27.7 Å². The molecule has 0 aliphatic carbocycles. The van der Waals surface area contributed by atoms with Crippen molar-refractivity contribution in [3.05, 3.63) is 40.6 Å². The van der Waals surface area contributed by atoms with Gasteiger partial charge in [-0.2, -0.15) is 0 Å². The van der Waals surface area contributed by atoms with E-state index in [2.05, 4.69) is 9.97 Å². The summed E-state index contributed by atoms with van der Waals surface area (Å²) in [6.45, 7) is 7.41. The van der Waals surface area contributed by atoms with Crippen LogP contribution in [-0.2, 0) is 0 Å². The Bertz CT molecular complexity index is 629. The molecule has 18 heavy (non-hydrogen) atoms. The second-order valence-corrected chi connectivity index (χ2v) is 4.37. The lowest BCUT2D eigenvalue weighted by Gasteiger charge is -2.11. The molecule has 0 atom stereocenters. The molecule has 0 radical (unpaired) electrons. The molecule has 0 aliphatic rings. The van der Waals surface area contributed by atoms with Crippen LogP contribution in [0.5, 0.6) is 0 Å². The Morgan fingerprint density at radius 3 is 2.44 bits per heavy atom. The zero-order valence-electron chi connectivity index (χ0n) is 10.9. The highest BCUT2D eigenvalue weighted by molar-refractivity contribution is 5.92. The van der Waals surface area contributed by atoms with Crippen molar-refractivity contribution in [2.24, 2.45) is 0 Å². The van der Waals surface area contributed by atoms with Crippen molar-refractivity contribution >= 4 is 5.97 Å². The van der Waals surface area contributed by atoms with Crippen molar-refractivity contribution in [3.8, 4) is 5.82 Å². The minimum Gasteiger partial charge on any atom is -0.478 e. The number of imidazole rings is 1. The van der Waals surface area contributed by atoms with Crippen LogP contribution >= 0.6 is 0 Å². The van der Waals surface area contributed by atoms with Gasteiger partial charge in [0.25, 0.3) is 0 Å². The maximum atomic E-state index is 11.4. The fourth-order valence-electron chi connectivity index (χ4n) is 1.97. The molecule has 2 rings (SSSR count). The second-order valence-electron chi connectivity index (χ2n) is 4.37. The molecule has 0 unspecified atom stereocenters. The second kappa shape index (κ2) is 4.25. The van der Waals surface area contributed by atoms with Crippen molar-refractivity contribution in [1.82, 2.24) is 14.5 Å². The van der Waals surface area contributed by atoms with Gasteiger partial charge in [-0.25, -0.2) is 14.8 Å². The Labute approximate surface area is 105 Å². The molecule has 0 saturated heterocycles. The highest BCUT2D eigenvalue weighted by Gasteiger charge is 2.18. The molecule has 0 fully saturated rings. The van der Waals surface area contributed by atoms with Crippen LogP contribution in [0.2, 0.25) is 0 Å². The fraction of sp³-hybridized carbons (Fsp3) is 0.308. The van der Waals surface area contributed by atoms with Crippen LogP contribution < -0.4 is 0 Å². The van der Waals surface area contributed by atoms with E-state index in [4.69, 9.17) is 0 Å². The normalized spacial score (nSPS) is 10.7. The van der Waals surface area contributed by atoms with Crippen molar-refractivity contribution in [1.29, 1.82) is 0 Å². The summed E-state index contributed by atoms with van der Waals surface area (Å²) in [5, 5.41) is 9.32. The maximum absolute atomic E-state index is 11.4. The standard InChI is InChI=1S/C13H15N3O2/c1-7-5-8(2)15-12(11(7)13(17)18)16-6-14-9(3)10(16)4/h5-6H,1-4H3,(H,17,18). The van der Waals surface area contributed by atoms with Gasteiger partial charge in [-0.05, 0) is 39.3 Å². The smallest absolute Gasteiger partial charge is 0.339 e. The molecule has 0 amide bonds. The van der Waals surface area contributed by atoms with Crippen molar-refractivity contribution in [3.63, 3.8) is 0 Å². The average molecular weight is 245 g/mol. The molecule has 2 aromatic heterocycles. The number of nitrogens with zero attached hydrogens (tertiary/aromatic N) is 3. The van der Waals surface area contributed by atoms with Gasteiger partial charge in [0, 0.05) is 11.4 Å². The summed E-state index contributed by atoms with van der Waals surface area (Å²) in [7, 11) is 0. The third-order valence-corrected chi connectivity index (χ3v) is 3.02. The average Bonchev–Trinajstić information content (AvgIpc) is 2.57. The van der Waals surface area contributed by atoms with E-state index < -0.39 is 5.97 Å². The predicted octanol–water partition coefficient (Wildman–Crippen LogP) is 2.20. The Balaban J connectivity index is 2.77. The quantitative estimate of drug-likeness (QED) is 0.880. The van der Waals surface area contributed by atoms with Gasteiger partial charge in [-0.1, -0.05) is 0 Å². The van der Waals surface area contributed by atoms with Crippen LogP contribution in [0.3, 0.4) is 0 Å². The molecule has 94 valence electrons. The Morgan fingerprint density at radius 2 is 1.94 bits per heavy atom. The Hall–Kier alpha value is -2.17. The molecule has 0 spiro atoms. The molecule has 5 heteroatoms. The minimum absolute atomic E-state index is 0.223. The lowest BCUT2D eigenvalue weighted by atomic mass is 10.1. The van der Waals surface area contributed by atoms with Crippen molar-refractivity contribution in [2.75, 3.05) is 0 Å². The molecule has 5 nitrogen and oxygen atoms in total. The van der Waals surface area contributed by atoms with E-state index in [1.807, 2.05) is 20.8 Å². The van der Waals surface area contributed by atoms with Crippen LogP contribution in [0, 0.1) is 27.7 Å². The van der Waals surface area contributed by atoms with E-state index in [0.29, 0.717) is 11.4 Å². The highest BCUT2D eigenvalue weighted by atomic mass is 16.4. The lowest BCUT2D eigenvalue weighted by molar-refractivity contribution is 0.0695. The number of aromatic nitrogens is 3. The van der Waals surface area contributed by atoms with E-state index in [1.54, 1.807) is 23.9 Å². The number of pyridine rings is 1. The number of hydrogen-bond acceptors (Lipinski definition) is 3. The minimum atomic E-state index is -0.972. The number of aromatic carboxylic acids is 1. The predicted molar refractivity (Wildman–Crippen MR) is 67.3 cm³/mol. The van der Waals surface area contributed by atoms with Gasteiger partial charge in [0.1, 0.15) is 11.9 Å². The molecule has 2 heterocycles. The molecule has 0 aromatic carbocycles. The van der Waals surface area contributed by atoms with Gasteiger partial charge in [0.05, 0.1) is 5.69 Å². The molecule has 0 aliphatic heterocycles. The lowest BCUT2D eigenvalue weighted by Crippen LogP contribution is -2.11. The van der Waals surface area contributed by atoms with Gasteiger partial charge in [-0.15, -0.1) is 0 Å². The SMILES string of the molecule is Cc1cc(C)c(C(=O)O)c(-n2cnc(C)c2C)n1. The Kier molecular flexibility index (Phi) is 2.90. The van der Waals surface area contributed by atoms with Crippen molar-refractivity contribution < 1.29 is 9.90 Å². The first kappa shape index (κ1) is 12.3. The molecular weight excluding hydrogens is 230 g/mol. The van der Waals surface area contributed by atoms with E-state index >= 15 is 0 Å². The zero-order chi connectivity index (χ0) is 13.4. The third kappa shape index (κ3) is 1.88. The van der Waals surface area contributed by atoms with Gasteiger partial charge >= 0.3 is 5.97 Å². The van der Waals surface area contributed by atoms with E-state index in [1.165, 1.54) is 0 Å². The molecule has 0 saturated carbocycles. The Morgan fingerprint density at radius 1 is 1.28 bits per heavy atom. The van der Waals surface area contributed by atoms with Gasteiger partial charge in [-0.3, -0.25) is 4.57 Å². The van der Waals surface area contributed by atoms with E-state index in [0.717, 1.165) is 17.1 Å². The van der Waals surface area contributed by atoms with Crippen LogP contribution in [-0.4, -0.2) is 25.6 Å². The zero-order valence-corrected chi connectivity index (χ0v) is 10.9. The first-order valence-electron chi connectivity index (χ1n) is 5.64. The van der Waals surface area contributed by atoms with Crippen LogP contribution in [0.15, 0.2) is 12.4 Å². The highest BCUT2D eigenvalue weighted by Crippen LogP contribution is 2.20. The third-order valence-electron chi connectivity index (χ3n) is 3.02. The van der Waals surface area contributed by atoms with Gasteiger partial charge in [0.2, 0.25) is 0 Å². The molecular formula is C13H15N3O2. The monoisotopic (exact) mass is 245 g/mol. The van der Waals surface area contributed by atoms with Crippen LogP contribution in [0.4, 0.5) is 0 Å². The number of aryl methyl sites for hydroxylation is 3. The number of rotatable bonds is 2. The summed E-state index contributed by atoms with van der Waals surface area (Å²) in [6, 6.07) is 1.77. The van der Waals surface area contributed by atoms with E-state index in [9.17, 15) is 9.90 Å². The molecule has 2 aromatic rings. The summed E-state index contributed by atoms with van der Waals surface area (Å²) in [4.78, 5) is 19.9. The van der Waals surface area contributed by atoms with Gasteiger partial charge in [0.15, 0.2) is 5.82 Å². The van der Waals surface area contributed by atoms with Crippen LogP contribution in [0.1, 0.15) is 33.0 Å². The summed E-state index contributed by atoms with van der Waals surface area (Å²) < 4.78 is 1.72. The number of carboxylic acids is 1. The summed E-state index contributed by atoms with van der Waals surface area (Å²) >= 11 is 0. The number of carboxylic acid groups (broad SMARTS) is 1. The maximum Gasteiger partial charge on any atom is 0.339 e. The van der Waals surface area contributed by atoms with Crippen LogP contribution in [0.25, 0.3) is 5.82 Å². The van der Waals surface area contributed by atoms with Gasteiger partial charge < -0.3 is 5.11 Å². The molecule has 0 bridgehead atoms. The fourth-order valence-corrected chi connectivity index (χ4v) is 1.97. The molecule has 1 N–H and O–H groups in total. The first-order chi connectivity index (χ1) is 8.41. The summed E-state index contributed by atoms with van der Waals surface area (Å²) in [5.74, 6) is -0.543. The largest absolute Gasteiger partial charge is 0.478 e. The number of carbonyl (C=O) groups is 1. The summed E-state index contributed by atoms with van der Waals surface area (Å²) in [6.07, 6.45) is 1.61. The topological polar surface area (TPSA) is 68.0 Å². The summed E-state index contributed by atoms with van der Waals surface area (Å²) in [5.41, 5.74) is 3.48. The number of hydrogen-bond donors (Lipinski definition) is 1. The first-order valence-corrected chi connectivity index (χ1v) is 5.64. The van der Waals surface area contributed by atoms with E-state index in [-0.39, 0.29) is 5.56 Å².